The molecule has 0 radical (unpaired) electrons. The number of nitrogens with zero attached hydrogens (tertiary/aromatic N) is 1. The maximum absolute atomic E-state index is 5.36. The number of aromatic nitrogens is 1. The lowest BCUT2D eigenvalue weighted by atomic mass is 10.1. The van der Waals surface area contributed by atoms with Crippen molar-refractivity contribution in [2.75, 3.05) is 19.5 Å². The normalized spacial score (nSPS) is 10.3. The van der Waals surface area contributed by atoms with Crippen molar-refractivity contribution in [3.8, 4) is 5.75 Å². The number of ether oxygens (including phenoxy) is 1. The standard InChI is InChI=1S/C13H16N2OS/c1-9-12(17-13(14-2)15-9)8-10-6-4-5-7-11(10)16-3/h4-7H,8H2,1-3H3,(H,14,15). The van der Waals surface area contributed by atoms with E-state index in [2.05, 4.69) is 16.4 Å². The van der Waals surface area contributed by atoms with Crippen molar-refractivity contribution < 1.29 is 4.74 Å². The van der Waals surface area contributed by atoms with E-state index in [1.165, 1.54) is 10.4 Å². The predicted octanol–water partition coefficient (Wildman–Crippen LogP) is 3.09. The molecule has 0 unspecified atom stereocenters. The van der Waals surface area contributed by atoms with Crippen LogP contribution in [-0.2, 0) is 6.42 Å². The van der Waals surface area contributed by atoms with Crippen LogP contribution < -0.4 is 10.1 Å². The van der Waals surface area contributed by atoms with E-state index in [0.717, 1.165) is 23.0 Å². The summed E-state index contributed by atoms with van der Waals surface area (Å²) in [5, 5.41) is 4.04. The number of hydrogen-bond donors (Lipinski definition) is 1. The summed E-state index contributed by atoms with van der Waals surface area (Å²) in [5.74, 6) is 0.936. The van der Waals surface area contributed by atoms with Gasteiger partial charge in [0, 0.05) is 18.3 Å². The Kier molecular flexibility index (Phi) is 3.64. The monoisotopic (exact) mass is 248 g/mol. The molecule has 0 bridgehead atoms. The Hall–Kier alpha value is -1.55. The van der Waals surface area contributed by atoms with Crippen LogP contribution in [0.15, 0.2) is 24.3 Å². The fourth-order valence-electron chi connectivity index (χ4n) is 1.72. The second kappa shape index (κ2) is 5.19. The Labute approximate surface area is 105 Å². The summed E-state index contributed by atoms with van der Waals surface area (Å²) in [6.45, 7) is 2.04. The zero-order valence-electron chi connectivity index (χ0n) is 10.3. The van der Waals surface area contributed by atoms with Crippen LogP contribution in [0.4, 0.5) is 5.13 Å². The number of benzene rings is 1. The second-order valence-corrected chi connectivity index (χ2v) is 4.85. The van der Waals surface area contributed by atoms with Gasteiger partial charge in [-0.3, -0.25) is 0 Å². The summed E-state index contributed by atoms with van der Waals surface area (Å²) in [4.78, 5) is 5.72. The molecule has 0 saturated carbocycles. The maximum Gasteiger partial charge on any atom is 0.182 e. The van der Waals surface area contributed by atoms with E-state index in [1.807, 2.05) is 32.2 Å². The second-order valence-electron chi connectivity index (χ2n) is 3.77. The molecule has 2 rings (SSSR count). The van der Waals surface area contributed by atoms with Crippen molar-refractivity contribution in [3.63, 3.8) is 0 Å². The van der Waals surface area contributed by atoms with Crippen LogP contribution in [-0.4, -0.2) is 19.1 Å². The average Bonchev–Trinajstić information content (AvgIpc) is 2.71. The number of para-hydroxylation sites is 1. The first-order valence-corrected chi connectivity index (χ1v) is 6.32. The molecule has 1 N–H and O–H groups in total. The molecule has 3 nitrogen and oxygen atoms in total. The lowest BCUT2D eigenvalue weighted by Crippen LogP contribution is -1.93. The van der Waals surface area contributed by atoms with E-state index in [-0.39, 0.29) is 0 Å². The lowest BCUT2D eigenvalue weighted by Gasteiger charge is -2.06. The van der Waals surface area contributed by atoms with Gasteiger partial charge in [0.05, 0.1) is 12.8 Å². The van der Waals surface area contributed by atoms with E-state index >= 15 is 0 Å². The van der Waals surface area contributed by atoms with Crippen molar-refractivity contribution in [3.05, 3.63) is 40.4 Å². The molecule has 0 spiro atoms. The summed E-state index contributed by atoms with van der Waals surface area (Å²) in [6, 6.07) is 8.11. The molecular formula is C13H16N2OS. The quantitative estimate of drug-likeness (QED) is 0.902. The average molecular weight is 248 g/mol. The summed E-state index contributed by atoms with van der Waals surface area (Å²) >= 11 is 1.70. The van der Waals surface area contributed by atoms with Crippen molar-refractivity contribution >= 4 is 16.5 Å². The molecule has 2 aromatic rings. The topological polar surface area (TPSA) is 34.2 Å². The first-order chi connectivity index (χ1) is 8.24. The van der Waals surface area contributed by atoms with Gasteiger partial charge in [-0.25, -0.2) is 4.98 Å². The van der Waals surface area contributed by atoms with E-state index in [4.69, 9.17) is 4.74 Å². The fourth-order valence-corrected chi connectivity index (χ4v) is 2.66. The molecule has 1 heterocycles. The van der Waals surface area contributed by atoms with Gasteiger partial charge in [-0.05, 0) is 18.6 Å². The Morgan fingerprint density at radius 1 is 1.35 bits per heavy atom. The molecule has 0 aliphatic rings. The molecule has 0 fully saturated rings. The van der Waals surface area contributed by atoms with Crippen molar-refractivity contribution in [1.29, 1.82) is 0 Å². The smallest absolute Gasteiger partial charge is 0.182 e. The largest absolute Gasteiger partial charge is 0.496 e. The van der Waals surface area contributed by atoms with Crippen LogP contribution in [0, 0.1) is 6.92 Å². The molecular weight excluding hydrogens is 232 g/mol. The summed E-state index contributed by atoms with van der Waals surface area (Å²) in [5.41, 5.74) is 2.29. The fraction of sp³-hybridized carbons (Fsp3) is 0.308. The summed E-state index contributed by atoms with van der Waals surface area (Å²) < 4.78 is 5.36. The summed E-state index contributed by atoms with van der Waals surface area (Å²) in [7, 11) is 3.60. The van der Waals surface area contributed by atoms with Gasteiger partial charge in [0.15, 0.2) is 5.13 Å². The number of anilines is 1. The van der Waals surface area contributed by atoms with Crippen LogP contribution in [0.1, 0.15) is 16.1 Å². The predicted molar refractivity (Wildman–Crippen MR) is 72.2 cm³/mol. The van der Waals surface area contributed by atoms with E-state index in [9.17, 15) is 0 Å². The maximum atomic E-state index is 5.36. The van der Waals surface area contributed by atoms with Gasteiger partial charge < -0.3 is 10.1 Å². The van der Waals surface area contributed by atoms with Crippen LogP contribution in [0.25, 0.3) is 0 Å². The third-order valence-corrected chi connectivity index (χ3v) is 3.82. The molecule has 90 valence electrons. The number of rotatable bonds is 4. The van der Waals surface area contributed by atoms with Crippen LogP contribution >= 0.6 is 11.3 Å². The van der Waals surface area contributed by atoms with E-state index in [1.54, 1.807) is 18.4 Å². The minimum absolute atomic E-state index is 0.870. The van der Waals surface area contributed by atoms with Crippen LogP contribution in [0.3, 0.4) is 0 Å². The highest BCUT2D eigenvalue weighted by Gasteiger charge is 2.09. The lowest BCUT2D eigenvalue weighted by molar-refractivity contribution is 0.410. The minimum atomic E-state index is 0.870. The number of aryl methyl sites for hydroxylation is 1. The van der Waals surface area contributed by atoms with Gasteiger partial charge in [0.2, 0.25) is 0 Å². The molecule has 0 amide bonds. The van der Waals surface area contributed by atoms with Gasteiger partial charge in [-0.15, -0.1) is 11.3 Å². The Balaban J connectivity index is 2.27. The molecule has 17 heavy (non-hydrogen) atoms. The molecule has 1 aromatic carbocycles. The third kappa shape index (κ3) is 2.58. The third-order valence-electron chi connectivity index (χ3n) is 2.65. The molecule has 0 atom stereocenters. The molecule has 1 aromatic heterocycles. The van der Waals surface area contributed by atoms with Crippen molar-refractivity contribution in [2.45, 2.75) is 13.3 Å². The summed E-state index contributed by atoms with van der Waals surface area (Å²) in [6.07, 6.45) is 0.870. The number of hydrogen-bond acceptors (Lipinski definition) is 4. The molecule has 0 aliphatic heterocycles. The zero-order chi connectivity index (χ0) is 12.3. The van der Waals surface area contributed by atoms with Gasteiger partial charge in [0.25, 0.3) is 0 Å². The first-order valence-electron chi connectivity index (χ1n) is 5.50. The van der Waals surface area contributed by atoms with E-state index in [0.29, 0.717) is 0 Å². The van der Waals surface area contributed by atoms with Gasteiger partial charge in [0.1, 0.15) is 5.75 Å². The van der Waals surface area contributed by atoms with Gasteiger partial charge in [-0.2, -0.15) is 0 Å². The molecule has 0 saturated heterocycles. The van der Waals surface area contributed by atoms with Crippen molar-refractivity contribution in [1.82, 2.24) is 4.98 Å². The Morgan fingerprint density at radius 3 is 2.76 bits per heavy atom. The zero-order valence-corrected chi connectivity index (χ0v) is 11.1. The number of thiazole rings is 1. The number of methoxy groups -OCH3 is 1. The highest BCUT2D eigenvalue weighted by molar-refractivity contribution is 7.15. The minimum Gasteiger partial charge on any atom is -0.496 e. The highest BCUT2D eigenvalue weighted by Crippen LogP contribution is 2.28. The van der Waals surface area contributed by atoms with Crippen LogP contribution in [0.5, 0.6) is 5.75 Å². The molecule has 0 aliphatic carbocycles. The Morgan fingerprint density at radius 2 is 2.12 bits per heavy atom. The first kappa shape index (κ1) is 11.9. The van der Waals surface area contributed by atoms with E-state index < -0.39 is 0 Å². The molecule has 4 heteroatoms. The Bertz CT molecular complexity index is 508. The van der Waals surface area contributed by atoms with Gasteiger partial charge >= 0.3 is 0 Å². The SMILES string of the molecule is CNc1nc(C)c(Cc2ccccc2OC)s1. The van der Waals surface area contributed by atoms with Gasteiger partial charge in [-0.1, -0.05) is 18.2 Å². The number of nitrogens with one attached hydrogen (secondary N) is 1. The van der Waals surface area contributed by atoms with Crippen LogP contribution in [0.2, 0.25) is 0 Å². The highest BCUT2D eigenvalue weighted by atomic mass is 32.1. The van der Waals surface area contributed by atoms with Crippen molar-refractivity contribution in [2.24, 2.45) is 0 Å².